The third-order valence-corrected chi connectivity index (χ3v) is 8.21. The zero-order valence-electron chi connectivity index (χ0n) is 25.3. The summed E-state index contributed by atoms with van der Waals surface area (Å²) in [5, 5.41) is 0. The summed E-state index contributed by atoms with van der Waals surface area (Å²) in [6.07, 6.45) is 40.8. The number of hydrogen-bond donors (Lipinski definition) is 1. The van der Waals surface area contributed by atoms with Crippen molar-refractivity contribution in [2.24, 2.45) is 11.7 Å². The molecule has 0 saturated heterocycles. The Morgan fingerprint density at radius 1 is 0.389 bits per heavy atom. The molecule has 0 heterocycles. The fourth-order valence-electron chi connectivity index (χ4n) is 5.60. The van der Waals surface area contributed by atoms with Gasteiger partial charge in [-0.1, -0.05) is 194 Å². The predicted molar refractivity (Wildman–Crippen MR) is 163 cm³/mol. The van der Waals surface area contributed by atoms with Gasteiger partial charge in [0.1, 0.15) is 0 Å². The molecule has 0 radical (unpaired) electrons. The summed E-state index contributed by atoms with van der Waals surface area (Å²) in [5.74, 6) is 0.0686. The van der Waals surface area contributed by atoms with E-state index >= 15 is 0 Å². The van der Waals surface area contributed by atoms with Gasteiger partial charge in [-0.15, -0.1) is 0 Å². The van der Waals surface area contributed by atoms with E-state index in [1.807, 2.05) is 0 Å². The minimum atomic E-state index is -0.0561. The molecule has 0 aliphatic rings. The maximum Gasteiger partial charge on any atom is 0.220 e. The van der Waals surface area contributed by atoms with Gasteiger partial charge in [0.2, 0.25) is 5.91 Å². The molecular formula is C34H69NO. The van der Waals surface area contributed by atoms with Gasteiger partial charge in [-0.2, -0.15) is 0 Å². The van der Waals surface area contributed by atoms with Gasteiger partial charge in [0.15, 0.2) is 0 Å². The number of unbranched alkanes of at least 4 members (excludes halogenated alkanes) is 26. The van der Waals surface area contributed by atoms with Gasteiger partial charge < -0.3 is 5.73 Å². The summed E-state index contributed by atoms with van der Waals surface area (Å²) in [6, 6.07) is 0. The lowest BCUT2D eigenvalue weighted by Crippen LogP contribution is -2.23. The van der Waals surface area contributed by atoms with Crippen LogP contribution in [0.5, 0.6) is 0 Å². The third-order valence-electron chi connectivity index (χ3n) is 8.21. The first-order valence-electron chi connectivity index (χ1n) is 17.0. The standard InChI is InChI=1S/C34H69NO/c1-3-5-7-9-11-13-15-17-19-21-23-25-27-29-31-33(34(35)36)32-30-28-26-24-22-20-18-16-14-12-10-8-6-4-2/h33H,3-32H2,1-2H3,(H2,35,36). The fraction of sp³-hybridized carbons (Fsp3) is 0.971. The lowest BCUT2D eigenvalue weighted by Gasteiger charge is -2.13. The number of hydrogen-bond acceptors (Lipinski definition) is 1. The molecule has 2 N–H and O–H groups in total. The van der Waals surface area contributed by atoms with Crippen LogP contribution in [0.4, 0.5) is 0 Å². The molecule has 216 valence electrons. The molecule has 0 unspecified atom stereocenters. The predicted octanol–water partition coefficient (Wildman–Crippen LogP) is 11.8. The molecule has 0 atom stereocenters. The van der Waals surface area contributed by atoms with Crippen molar-refractivity contribution < 1.29 is 4.79 Å². The molecule has 0 aromatic heterocycles. The lowest BCUT2D eigenvalue weighted by molar-refractivity contribution is -0.122. The number of primary amides is 1. The van der Waals surface area contributed by atoms with Gasteiger partial charge in [0.25, 0.3) is 0 Å². The van der Waals surface area contributed by atoms with E-state index in [0.29, 0.717) is 0 Å². The molecule has 0 aliphatic heterocycles. The SMILES string of the molecule is CCCCCCCCCCCCCCCCC(CCCCCCCCCCCCCCCC)C(N)=O. The highest BCUT2D eigenvalue weighted by Crippen LogP contribution is 2.20. The maximum absolute atomic E-state index is 11.9. The number of carbonyl (C=O) groups is 1. The fourth-order valence-corrected chi connectivity index (χ4v) is 5.60. The number of amides is 1. The van der Waals surface area contributed by atoms with Crippen molar-refractivity contribution in [2.45, 2.75) is 206 Å². The molecule has 1 amide bonds. The van der Waals surface area contributed by atoms with Gasteiger partial charge in [0, 0.05) is 5.92 Å². The van der Waals surface area contributed by atoms with E-state index in [1.165, 1.54) is 180 Å². The molecule has 36 heavy (non-hydrogen) atoms. The van der Waals surface area contributed by atoms with Crippen LogP contribution in [-0.4, -0.2) is 5.91 Å². The number of rotatable bonds is 31. The molecule has 0 spiro atoms. The monoisotopic (exact) mass is 508 g/mol. The minimum Gasteiger partial charge on any atom is -0.369 e. The molecule has 0 bridgehead atoms. The van der Waals surface area contributed by atoms with E-state index < -0.39 is 0 Å². The molecule has 0 saturated carbocycles. The van der Waals surface area contributed by atoms with Crippen LogP contribution < -0.4 is 5.73 Å². The van der Waals surface area contributed by atoms with Crippen molar-refractivity contribution in [1.29, 1.82) is 0 Å². The Bertz CT molecular complexity index is 389. The quantitative estimate of drug-likeness (QED) is 0.0931. The summed E-state index contributed by atoms with van der Waals surface area (Å²) < 4.78 is 0. The molecular weight excluding hydrogens is 438 g/mol. The molecule has 2 nitrogen and oxygen atoms in total. The number of carbonyl (C=O) groups excluding carboxylic acids is 1. The van der Waals surface area contributed by atoms with Gasteiger partial charge >= 0.3 is 0 Å². The highest BCUT2D eigenvalue weighted by molar-refractivity contribution is 5.76. The minimum absolute atomic E-state index is 0.0561. The highest BCUT2D eigenvalue weighted by Gasteiger charge is 2.14. The van der Waals surface area contributed by atoms with Crippen LogP contribution in [0.3, 0.4) is 0 Å². The van der Waals surface area contributed by atoms with Crippen LogP contribution in [0.1, 0.15) is 206 Å². The van der Waals surface area contributed by atoms with E-state index in [-0.39, 0.29) is 11.8 Å². The van der Waals surface area contributed by atoms with Gasteiger partial charge in [-0.25, -0.2) is 0 Å². The van der Waals surface area contributed by atoms with Crippen LogP contribution in [0.25, 0.3) is 0 Å². The topological polar surface area (TPSA) is 43.1 Å². The van der Waals surface area contributed by atoms with Crippen molar-refractivity contribution in [3.05, 3.63) is 0 Å². The maximum atomic E-state index is 11.9. The average Bonchev–Trinajstić information content (AvgIpc) is 2.87. The summed E-state index contributed by atoms with van der Waals surface area (Å²) in [5.41, 5.74) is 5.71. The van der Waals surface area contributed by atoms with Crippen molar-refractivity contribution in [3.63, 3.8) is 0 Å². The van der Waals surface area contributed by atoms with Gasteiger partial charge in [-0.05, 0) is 12.8 Å². The van der Waals surface area contributed by atoms with E-state index in [2.05, 4.69) is 13.8 Å². The Morgan fingerprint density at radius 3 is 0.778 bits per heavy atom. The smallest absolute Gasteiger partial charge is 0.220 e. The van der Waals surface area contributed by atoms with E-state index in [4.69, 9.17) is 5.73 Å². The van der Waals surface area contributed by atoms with Crippen LogP contribution in [0.2, 0.25) is 0 Å². The summed E-state index contributed by atoms with van der Waals surface area (Å²) in [6.45, 7) is 4.58. The largest absolute Gasteiger partial charge is 0.369 e. The summed E-state index contributed by atoms with van der Waals surface area (Å²) in [4.78, 5) is 11.9. The van der Waals surface area contributed by atoms with Crippen molar-refractivity contribution >= 4 is 5.91 Å². The molecule has 2 heteroatoms. The Hall–Kier alpha value is -0.530. The van der Waals surface area contributed by atoms with E-state index in [9.17, 15) is 4.79 Å². The molecule has 0 aliphatic carbocycles. The van der Waals surface area contributed by atoms with E-state index in [1.54, 1.807) is 0 Å². The Morgan fingerprint density at radius 2 is 0.583 bits per heavy atom. The van der Waals surface area contributed by atoms with Crippen LogP contribution in [0.15, 0.2) is 0 Å². The van der Waals surface area contributed by atoms with Crippen molar-refractivity contribution in [1.82, 2.24) is 0 Å². The first-order chi connectivity index (χ1) is 17.7. The lowest BCUT2D eigenvalue weighted by atomic mass is 9.93. The second kappa shape index (κ2) is 30.7. The molecule has 0 rings (SSSR count). The zero-order chi connectivity index (χ0) is 26.4. The van der Waals surface area contributed by atoms with Crippen LogP contribution in [-0.2, 0) is 4.79 Å². The van der Waals surface area contributed by atoms with Gasteiger partial charge in [-0.3, -0.25) is 4.79 Å². The Balaban J connectivity index is 3.39. The highest BCUT2D eigenvalue weighted by atomic mass is 16.1. The second-order valence-corrected chi connectivity index (χ2v) is 11.9. The normalized spacial score (nSPS) is 11.5. The Kier molecular flexibility index (Phi) is 30.2. The average molecular weight is 508 g/mol. The van der Waals surface area contributed by atoms with E-state index in [0.717, 1.165) is 12.8 Å². The molecule has 0 fully saturated rings. The second-order valence-electron chi connectivity index (χ2n) is 11.9. The summed E-state index contributed by atoms with van der Waals surface area (Å²) in [7, 11) is 0. The van der Waals surface area contributed by atoms with Crippen LogP contribution in [0, 0.1) is 5.92 Å². The number of nitrogens with two attached hydrogens (primary N) is 1. The Labute approximate surface area is 228 Å². The third kappa shape index (κ3) is 28.0. The zero-order valence-corrected chi connectivity index (χ0v) is 25.3. The summed E-state index contributed by atoms with van der Waals surface area (Å²) >= 11 is 0. The molecule has 0 aromatic carbocycles. The first kappa shape index (κ1) is 35.5. The van der Waals surface area contributed by atoms with Crippen molar-refractivity contribution in [3.8, 4) is 0 Å². The van der Waals surface area contributed by atoms with Crippen molar-refractivity contribution in [2.75, 3.05) is 0 Å². The molecule has 0 aromatic rings. The van der Waals surface area contributed by atoms with Crippen LogP contribution >= 0.6 is 0 Å². The first-order valence-corrected chi connectivity index (χ1v) is 17.0. The van der Waals surface area contributed by atoms with Gasteiger partial charge in [0.05, 0.1) is 0 Å².